The molecule has 5 rings (SSSR count). The first kappa shape index (κ1) is 19.9. The predicted molar refractivity (Wildman–Crippen MR) is 119 cm³/mol. The highest BCUT2D eigenvalue weighted by Gasteiger charge is 2.30. The lowest BCUT2D eigenvalue weighted by Crippen LogP contribution is -2.27. The van der Waals surface area contributed by atoms with Crippen molar-refractivity contribution in [2.45, 2.75) is 37.8 Å². The van der Waals surface area contributed by atoms with Crippen LogP contribution in [0, 0.1) is 0 Å². The Labute approximate surface area is 184 Å². The molecule has 2 unspecified atom stereocenters. The van der Waals surface area contributed by atoms with Crippen LogP contribution in [0.2, 0.25) is 0 Å². The van der Waals surface area contributed by atoms with Crippen molar-refractivity contribution in [3.8, 4) is 0 Å². The fourth-order valence-electron chi connectivity index (χ4n) is 4.03. The molecular formula is C23H23N7O2. The largest absolute Gasteiger partial charge is 0.446 e. The summed E-state index contributed by atoms with van der Waals surface area (Å²) in [6.45, 7) is 0.398. The van der Waals surface area contributed by atoms with E-state index in [4.69, 9.17) is 4.74 Å². The van der Waals surface area contributed by atoms with Gasteiger partial charge < -0.3 is 15.4 Å². The number of alkyl carbamates (subject to hydrolysis) is 1. The highest BCUT2D eigenvalue weighted by molar-refractivity contribution is 5.89. The van der Waals surface area contributed by atoms with Crippen molar-refractivity contribution in [1.29, 1.82) is 0 Å². The number of aromatic amines is 1. The molecule has 0 aromatic carbocycles. The molecule has 0 aliphatic heterocycles. The Morgan fingerprint density at radius 2 is 2.06 bits per heavy atom. The molecule has 1 fully saturated rings. The van der Waals surface area contributed by atoms with Crippen molar-refractivity contribution in [1.82, 2.24) is 30.5 Å². The zero-order chi connectivity index (χ0) is 21.8. The SMILES string of the molecule is O=C(NCc1cccnc1)OC1CCC(c2cc(Nc3nccc4cccnc34)n[nH]2)C1. The molecule has 0 spiro atoms. The van der Waals surface area contributed by atoms with Gasteiger partial charge in [0.1, 0.15) is 11.6 Å². The summed E-state index contributed by atoms with van der Waals surface area (Å²) in [5.41, 5.74) is 2.75. The average molecular weight is 429 g/mol. The van der Waals surface area contributed by atoms with Gasteiger partial charge in [-0.1, -0.05) is 12.1 Å². The van der Waals surface area contributed by atoms with Crippen LogP contribution < -0.4 is 10.6 Å². The van der Waals surface area contributed by atoms with Crippen molar-refractivity contribution >= 4 is 28.6 Å². The maximum absolute atomic E-state index is 12.1. The molecule has 0 radical (unpaired) electrons. The van der Waals surface area contributed by atoms with E-state index in [-0.39, 0.29) is 12.0 Å². The third-order valence-corrected chi connectivity index (χ3v) is 5.62. The van der Waals surface area contributed by atoms with Crippen LogP contribution >= 0.6 is 0 Å². The van der Waals surface area contributed by atoms with Crippen LogP contribution in [0.15, 0.2) is 61.2 Å². The summed E-state index contributed by atoms with van der Waals surface area (Å²) < 4.78 is 5.60. The van der Waals surface area contributed by atoms with Crippen molar-refractivity contribution in [2.24, 2.45) is 0 Å². The molecule has 0 saturated heterocycles. The van der Waals surface area contributed by atoms with Crippen molar-refractivity contribution in [3.63, 3.8) is 0 Å². The highest BCUT2D eigenvalue weighted by atomic mass is 16.6. The second-order valence-corrected chi connectivity index (χ2v) is 7.82. The maximum Gasteiger partial charge on any atom is 0.407 e. The summed E-state index contributed by atoms with van der Waals surface area (Å²) >= 11 is 0. The van der Waals surface area contributed by atoms with Gasteiger partial charge in [-0.15, -0.1) is 0 Å². The number of H-pyrrole nitrogens is 1. The molecule has 1 saturated carbocycles. The first-order valence-corrected chi connectivity index (χ1v) is 10.6. The fourth-order valence-corrected chi connectivity index (χ4v) is 4.03. The number of hydrogen-bond acceptors (Lipinski definition) is 7. The third kappa shape index (κ3) is 4.51. The molecular weight excluding hydrogens is 406 g/mol. The van der Waals surface area contributed by atoms with Gasteiger partial charge in [-0.05, 0) is 43.0 Å². The minimum atomic E-state index is -0.402. The summed E-state index contributed by atoms with van der Waals surface area (Å²) in [7, 11) is 0. The van der Waals surface area contributed by atoms with Crippen molar-refractivity contribution in [2.75, 3.05) is 5.32 Å². The Kier molecular flexibility index (Phi) is 5.61. The molecule has 32 heavy (non-hydrogen) atoms. The van der Waals surface area contributed by atoms with E-state index >= 15 is 0 Å². The third-order valence-electron chi connectivity index (χ3n) is 5.62. The van der Waals surface area contributed by atoms with Gasteiger partial charge in [0.15, 0.2) is 11.6 Å². The lowest BCUT2D eigenvalue weighted by molar-refractivity contribution is 0.0996. The number of amides is 1. The Morgan fingerprint density at radius 1 is 1.12 bits per heavy atom. The fraction of sp³-hybridized carbons (Fsp3) is 0.261. The van der Waals surface area contributed by atoms with Gasteiger partial charge >= 0.3 is 6.09 Å². The first-order chi connectivity index (χ1) is 15.7. The topological polar surface area (TPSA) is 118 Å². The molecule has 1 amide bonds. The monoisotopic (exact) mass is 429 g/mol. The lowest BCUT2D eigenvalue weighted by Gasteiger charge is -2.13. The van der Waals surface area contributed by atoms with Crippen LogP contribution in [0.1, 0.15) is 36.4 Å². The van der Waals surface area contributed by atoms with Crippen LogP contribution in [0.5, 0.6) is 0 Å². The number of nitrogens with zero attached hydrogens (tertiary/aromatic N) is 4. The second kappa shape index (κ2) is 9.01. The number of hydrogen-bond donors (Lipinski definition) is 3. The van der Waals surface area contributed by atoms with Gasteiger partial charge in [-0.2, -0.15) is 5.10 Å². The minimum absolute atomic E-state index is 0.113. The smallest absolute Gasteiger partial charge is 0.407 e. The van der Waals surface area contributed by atoms with Crippen LogP contribution in [-0.4, -0.2) is 37.3 Å². The molecule has 0 bridgehead atoms. The molecule has 3 N–H and O–H groups in total. The second-order valence-electron chi connectivity index (χ2n) is 7.82. The van der Waals surface area contributed by atoms with Crippen LogP contribution in [0.25, 0.3) is 10.9 Å². The quantitative estimate of drug-likeness (QED) is 0.423. The highest BCUT2D eigenvalue weighted by Crippen LogP contribution is 2.36. The van der Waals surface area contributed by atoms with E-state index in [1.165, 1.54) is 0 Å². The van der Waals surface area contributed by atoms with Crippen LogP contribution in [0.3, 0.4) is 0 Å². The molecule has 4 heterocycles. The normalized spacial score (nSPS) is 17.9. The van der Waals surface area contributed by atoms with E-state index in [2.05, 4.69) is 35.8 Å². The van der Waals surface area contributed by atoms with E-state index in [1.807, 2.05) is 36.4 Å². The molecule has 162 valence electrons. The molecule has 9 nitrogen and oxygen atoms in total. The maximum atomic E-state index is 12.1. The molecule has 4 aromatic heterocycles. The average Bonchev–Trinajstić information content (AvgIpc) is 3.48. The van der Waals surface area contributed by atoms with Gasteiger partial charge in [0, 0.05) is 54.4 Å². The molecule has 2 atom stereocenters. The van der Waals surface area contributed by atoms with E-state index < -0.39 is 6.09 Å². The van der Waals surface area contributed by atoms with E-state index in [0.717, 1.165) is 41.4 Å². The predicted octanol–water partition coefficient (Wildman–Crippen LogP) is 4.05. The van der Waals surface area contributed by atoms with Crippen LogP contribution in [0.4, 0.5) is 16.4 Å². The number of nitrogens with one attached hydrogen (secondary N) is 3. The standard InChI is InChI=1S/C23H23N7O2/c31-23(27-14-15-3-1-8-24-13-15)32-18-6-5-17(11-18)19-12-20(30-29-19)28-22-21-16(7-10-26-22)4-2-9-25-21/h1-4,7-10,12-13,17-18H,5-6,11,14H2,(H,27,31)(H2,26,28,29,30). The number of fused-ring (bicyclic) bond motifs is 1. The van der Waals surface area contributed by atoms with Gasteiger partial charge in [0.05, 0.1) is 0 Å². The number of anilines is 2. The van der Waals surface area contributed by atoms with Gasteiger partial charge in [-0.3, -0.25) is 15.1 Å². The zero-order valence-electron chi connectivity index (χ0n) is 17.4. The summed E-state index contributed by atoms with van der Waals surface area (Å²) in [5, 5.41) is 14.5. The Balaban J connectivity index is 1.16. The minimum Gasteiger partial charge on any atom is -0.446 e. The van der Waals surface area contributed by atoms with Crippen molar-refractivity contribution < 1.29 is 9.53 Å². The summed E-state index contributed by atoms with van der Waals surface area (Å²) in [6.07, 6.45) is 8.91. The van der Waals surface area contributed by atoms with E-state index in [0.29, 0.717) is 18.2 Å². The van der Waals surface area contributed by atoms with Gasteiger partial charge in [0.25, 0.3) is 0 Å². The Hall–Kier alpha value is -4.01. The lowest BCUT2D eigenvalue weighted by atomic mass is 10.0. The van der Waals surface area contributed by atoms with Gasteiger partial charge in [0.2, 0.25) is 0 Å². The summed E-state index contributed by atoms with van der Waals surface area (Å²) in [4.78, 5) is 25.0. The van der Waals surface area contributed by atoms with Gasteiger partial charge in [-0.25, -0.2) is 9.78 Å². The molecule has 1 aliphatic carbocycles. The van der Waals surface area contributed by atoms with Crippen LogP contribution in [-0.2, 0) is 11.3 Å². The molecule has 4 aromatic rings. The number of carbonyl (C=O) groups is 1. The summed E-state index contributed by atoms with van der Waals surface area (Å²) in [6, 6.07) is 11.6. The molecule has 9 heteroatoms. The first-order valence-electron chi connectivity index (χ1n) is 10.6. The number of rotatable bonds is 6. The number of ether oxygens (including phenoxy) is 1. The Bertz CT molecular complexity index is 1210. The Morgan fingerprint density at radius 3 is 2.97 bits per heavy atom. The summed E-state index contributed by atoms with van der Waals surface area (Å²) in [5.74, 6) is 1.61. The van der Waals surface area contributed by atoms with Crippen molar-refractivity contribution in [3.05, 3.63) is 72.4 Å². The number of pyridine rings is 3. The van der Waals surface area contributed by atoms with E-state index in [9.17, 15) is 4.79 Å². The zero-order valence-corrected chi connectivity index (χ0v) is 17.4. The van der Waals surface area contributed by atoms with E-state index in [1.54, 1.807) is 24.8 Å². The number of aromatic nitrogens is 5. The molecule has 1 aliphatic rings. The number of carbonyl (C=O) groups excluding carboxylic acids is 1.